The summed E-state index contributed by atoms with van der Waals surface area (Å²) >= 11 is 0. The van der Waals surface area contributed by atoms with E-state index in [1.54, 1.807) is 0 Å². The van der Waals surface area contributed by atoms with Crippen LogP contribution >= 0.6 is 0 Å². The fraction of sp³-hybridized carbons (Fsp3) is 1.00. The molecule has 88 valence electrons. The molecule has 1 rings (SSSR count). The molecule has 0 spiro atoms. The Kier molecular flexibility index (Phi) is 90.8. The molecule has 1 fully saturated rings. The molecule has 0 nitrogen and oxygen atoms in total. The summed E-state index contributed by atoms with van der Waals surface area (Å²) < 4.78 is 0. The topological polar surface area (TPSA) is 0 Å². The van der Waals surface area contributed by atoms with Gasteiger partial charge < -0.3 is 0 Å². The Labute approximate surface area is 89.1 Å². The zero-order valence-electron chi connectivity index (χ0n) is 8.24. The molecular weight excluding hydrogens is 156 g/mol. The molecule has 0 aliphatic heterocycles. The zero-order chi connectivity index (χ0) is 8.24. The molecule has 0 atom stereocenters. The smallest absolute Gasteiger partial charge is 0.0533 e. The van der Waals surface area contributed by atoms with Crippen LogP contribution in [0.2, 0.25) is 0 Å². The molecule has 0 bridgehead atoms. The van der Waals surface area contributed by atoms with Crippen molar-refractivity contribution in [1.82, 2.24) is 0 Å². The zero-order valence-corrected chi connectivity index (χ0v) is 8.24. The number of hydrogen-bond donors (Lipinski definition) is 0. The highest BCUT2D eigenvalue weighted by molar-refractivity contribution is 4.51. The molecule has 0 amide bonds. The van der Waals surface area contributed by atoms with Gasteiger partial charge in [-0.3, -0.25) is 0 Å². The van der Waals surface area contributed by atoms with Crippen LogP contribution < -0.4 is 0 Å². The minimum Gasteiger partial charge on any atom is -0.0776 e. The van der Waals surface area contributed by atoms with Crippen LogP contribution in [0.15, 0.2) is 0 Å². The average Bonchev–Trinajstić information content (AvgIpc) is 2.14. The minimum absolute atomic E-state index is 0. The van der Waals surface area contributed by atoms with Gasteiger partial charge in [-0.15, -0.1) is 0 Å². The van der Waals surface area contributed by atoms with E-state index in [4.69, 9.17) is 0 Å². The second-order valence-corrected chi connectivity index (χ2v) is 2.12. The van der Waals surface area contributed by atoms with Crippen molar-refractivity contribution in [3.63, 3.8) is 0 Å². The molecule has 1 aliphatic carbocycles. The Morgan fingerprint density at radius 3 is 0.538 bits per heavy atom. The van der Waals surface area contributed by atoms with E-state index in [1.165, 1.54) is 38.5 Å². The van der Waals surface area contributed by atoms with Crippen molar-refractivity contribution in [2.45, 2.75) is 88.5 Å². The van der Waals surface area contributed by atoms with E-state index in [0.29, 0.717) is 0 Å². The van der Waals surface area contributed by atoms with E-state index >= 15 is 0 Å². The second kappa shape index (κ2) is 40.3. The van der Waals surface area contributed by atoms with Crippen LogP contribution in [-0.4, -0.2) is 0 Å². The van der Waals surface area contributed by atoms with Gasteiger partial charge in [-0.05, 0) is 0 Å². The average molecular weight is 192 g/mol. The van der Waals surface area contributed by atoms with Gasteiger partial charge in [0.15, 0.2) is 0 Å². The first-order valence-electron chi connectivity index (χ1n) is 5.00. The Balaban J connectivity index is -0.0000000277. The third-order valence-corrected chi connectivity index (χ3v) is 1.50. The Hall–Kier alpha value is 0. The summed E-state index contributed by atoms with van der Waals surface area (Å²) in [6, 6.07) is 0. The van der Waals surface area contributed by atoms with E-state index in [-0.39, 0.29) is 22.3 Å². The predicted molar refractivity (Wildman–Crippen MR) is 70.6 cm³/mol. The van der Waals surface area contributed by atoms with E-state index in [9.17, 15) is 0 Å². The van der Waals surface area contributed by atoms with Crippen LogP contribution in [0.4, 0.5) is 0 Å². The van der Waals surface area contributed by atoms with Gasteiger partial charge in [0, 0.05) is 0 Å². The lowest BCUT2D eigenvalue weighted by molar-refractivity contribution is 0.504. The first-order valence-corrected chi connectivity index (χ1v) is 5.00. The molecule has 0 aromatic heterocycles. The monoisotopic (exact) mass is 192 g/mol. The molecule has 0 aromatic carbocycles. The summed E-state index contributed by atoms with van der Waals surface area (Å²) in [6.07, 6.45) is 9.00. The summed E-state index contributed by atoms with van der Waals surface area (Å²) in [7, 11) is 0. The first kappa shape index (κ1) is 29.2. The molecule has 0 saturated heterocycles. The van der Waals surface area contributed by atoms with Gasteiger partial charge in [-0.1, -0.05) is 88.5 Å². The standard InChI is InChI=1S/C6H12.2C2H6.3CH4/c1-2-4-6-5-3-1;2*1-2;;;/h1-6H2;2*1-2H3;3*1H4. The first-order chi connectivity index (χ1) is 5.00. The highest BCUT2D eigenvalue weighted by Crippen LogP contribution is 2.15. The molecule has 0 radical (unpaired) electrons. The molecule has 13 heavy (non-hydrogen) atoms. The minimum atomic E-state index is 0. The molecule has 1 aliphatic rings. The molecule has 0 heteroatoms. The second-order valence-electron chi connectivity index (χ2n) is 2.12. The number of rotatable bonds is 0. The van der Waals surface area contributed by atoms with Crippen molar-refractivity contribution in [2.75, 3.05) is 0 Å². The summed E-state index contributed by atoms with van der Waals surface area (Å²) in [5.41, 5.74) is 0. The van der Waals surface area contributed by atoms with Gasteiger partial charge in [0.1, 0.15) is 0 Å². The molecule has 0 N–H and O–H groups in total. The van der Waals surface area contributed by atoms with Crippen LogP contribution in [0.3, 0.4) is 0 Å². The maximum atomic E-state index is 2.00. The quantitative estimate of drug-likeness (QED) is 0.422. The largest absolute Gasteiger partial charge is 0.0776 e. The Morgan fingerprint density at radius 2 is 0.462 bits per heavy atom. The van der Waals surface area contributed by atoms with Gasteiger partial charge >= 0.3 is 0 Å². The Morgan fingerprint density at radius 1 is 0.385 bits per heavy atom. The maximum absolute atomic E-state index is 2.00. The number of hydrogen-bond acceptors (Lipinski definition) is 0. The van der Waals surface area contributed by atoms with Gasteiger partial charge in [0.2, 0.25) is 0 Å². The highest BCUT2D eigenvalue weighted by atomic mass is 14.0. The van der Waals surface area contributed by atoms with Crippen LogP contribution in [0.1, 0.15) is 88.5 Å². The van der Waals surface area contributed by atoms with Crippen LogP contribution in [0.25, 0.3) is 0 Å². The lowest BCUT2D eigenvalue weighted by Gasteiger charge is -2.05. The summed E-state index contributed by atoms with van der Waals surface area (Å²) in [6.45, 7) is 8.00. The maximum Gasteiger partial charge on any atom is -0.0533 e. The SMILES string of the molecule is C.C.C.C1CCCCC1.CC.CC. The van der Waals surface area contributed by atoms with Crippen LogP contribution in [0, 0.1) is 0 Å². The van der Waals surface area contributed by atoms with E-state index in [0.717, 1.165) is 0 Å². The van der Waals surface area contributed by atoms with Crippen molar-refractivity contribution in [3.05, 3.63) is 0 Å². The van der Waals surface area contributed by atoms with Crippen LogP contribution in [-0.2, 0) is 0 Å². The summed E-state index contributed by atoms with van der Waals surface area (Å²) in [4.78, 5) is 0. The molecule has 1 saturated carbocycles. The van der Waals surface area contributed by atoms with Crippen LogP contribution in [0.5, 0.6) is 0 Å². The summed E-state index contributed by atoms with van der Waals surface area (Å²) in [5.74, 6) is 0. The third kappa shape index (κ3) is 33.3. The third-order valence-electron chi connectivity index (χ3n) is 1.50. The van der Waals surface area contributed by atoms with Crippen molar-refractivity contribution >= 4 is 0 Å². The highest BCUT2D eigenvalue weighted by Gasteiger charge is 1.95. The van der Waals surface area contributed by atoms with Gasteiger partial charge in [-0.25, -0.2) is 0 Å². The van der Waals surface area contributed by atoms with E-state index in [2.05, 4.69) is 0 Å². The lowest BCUT2D eigenvalue weighted by Crippen LogP contribution is -1.85. The Bertz CT molecular complexity index is 15.5. The van der Waals surface area contributed by atoms with Gasteiger partial charge in [0.05, 0.1) is 0 Å². The van der Waals surface area contributed by atoms with E-state index in [1.807, 2.05) is 27.7 Å². The molecule has 0 heterocycles. The predicted octanol–water partition coefficient (Wildman–Crippen LogP) is 6.30. The van der Waals surface area contributed by atoms with Crippen molar-refractivity contribution in [1.29, 1.82) is 0 Å². The van der Waals surface area contributed by atoms with Crippen molar-refractivity contribution in [2.24, 2.45) is 0 Å². The molecule has 0 unspecified atom stereocenters. The van der Waals surface area contributed by atoms with Crippen molar-refractivity contribution in [3.8, 4) is 0 Å². The molecule has 0 aromatic rings. The fourth-order valence-electron chi connectivity index (χ4n) is 1.06. The fourth-order valence-corrected chi connectivity index (χ4v) is 1.06. The normalized spacial score (nSPS) is 12.0. The molecular formula is C13H36. The van der Waals surface area contributed by atoms with Crippen molar-refractivity contribution < 1.29 is 0 Å². The van der Waals surface area contributed by atoms with Gasteiger partial charge in [-0.2, -0.15) is 0 Å². The van der Waals surface area contributed by atoms with E-state index < -0.39 is 0 Å². The summed E-state index contributed by atoms with van der Waals surface area (Å²) in [5, 5.41) is 0. The van der Waals surface area contributed by atoms with Gasteiger partial charge in [0.25, 0.3) is 0 Å². The lowest BCUT2D eigenvalue weighted by atomic mass is 10.0.